The summed E-state index contributed by atoms with van der Waals surface area (Å²) in [5.41, 5.74) is 4.72. The Morgan fingerprint density at radius 1 is 0.935 bits per heavy atom. The number of nitrogens with zero attached hydrogens (tertiary/aromatic N) is 6. The van der Waals surface area contributed by atoms with E-state index in [2.05, 4.69) is 41.7 Å². The number of amides is 3. The van der Waals surface area contributed by atoms with Crippen LogP contribution in [0.5, 0.6) is 0 Å². The maximum atomic E-state index is 13.3. The minimum absolute atomic E-state index is 0.128. The molecule has 5 aromatic rings. The maximum absolute atomic E-state index is 13.3. The molecule has 0 saturated heterocycles. The standard InChI is InChI=1S/C31H25Cl2N9O4/c1-18(43)35-23-8-2-19(3-9-23)14-26(27-16-25(30(33)39-38-27)20-4-10-24(11-5-20)36-31(45)46)37-29(44)13-6-21-15-22(32)7-12-28(21)42-17-34-40-41-42/h2-13,15-17,26,36H,14H2,1H3,(H,35,43)(H,37,44)(H,45,46). The molecule has 5 rings (SSSR count). The predicted molar refractivity (Wildman–Crippen MR) is 173 cm³/mol. The Balaban J connectivity index is 1.44. The van der Waals surface area contributed by atoms with Crippen molar-refractivity contribution in [1.29, 1.82) is 0 Å². The SMILES string of the molecule is CC(=O)Nc1ccc(CC(NC(=O)C=Cc2cc(Cl)ccc2-n2cnnn2)c2cc(-c3ccc(NC(=O)O)cc3)c(Cl)nn2)cc1. The van der Waals surface area contributed by atoms with Gasteiger partial charge in [-0.3, -0.25) is 14.9 Å². The lowest BCUT2D eigenvalue weighted by Gasteiger charge is -2.19. The molecule has 2 aromatic heterocycles. The molecule has 1 atom stereocenters. The third kappa shape index (κ3) is 8.28. The molecule has 1 unspecified atom stereocenters. The first kappa shape index (κ1) is 31.8. The number of aromatic nitrogens is 6. The summed E-state index contributed by atoms with van der Waals surface area (Å²) in [6.07, 6.45) is 3.54. The third-order valence-electron chi connectivity index (χ3n) is 6.60. The summed E-state index contributed by atoms with van der Waals surface area (Å²) in [6.45, 7) is 1.43. The fourth-order valence-corrected chi connectivity index (χ4v) is 4.92. The second-order valence-corrected chi connectivity index (χ2v) is 10.7. The van der Waals surface area contributed by atoms with Crippen LogP contribution in [0.3, 0.4) is 0 Å². The highest BCUT2D eigenvalue weighted by atomic mass is 35.5. The lowest BCUT2D eigenvalue weighted by atomic mass is 10.00. The monoisotopic (exact) mass is 657 g/mol. The molecule has 2 heterocycles. The molecule has 0 aliphatic carbocycles. The lowest BCUT2D eigenvalue weighted by Crippen LogP contribution is -2.29. The van der Waals surface area contributed by atoms with Gasteiger partial charge in [-0.15, -0.1) is 10.2 Å². The average molecular weight is 659 g/mol. The predicted octanol–water partition coefficient (Wildman–Crippen LogP) is 5.59. The molecule has 3 amide bonds. The Morgan fingerprint density at radius 3 is 2.33 bits per heavy atom. The number of nitrogens with one attached hydrogen (secondary N) is 3. The van der Waals surface area contributed by atoms with Crippen molar-refractivity contribution >= 4 is 58.6 Å². The zero-order valence-electron chi connectivity index (χ0n) is 24.1. The van der Waals surface area contributed by atoms with Crippen molar-refractivity contribution in [3.63, 3.8) is 0 Å². The first-order valence-corrected chi connectivity index (χ1v) is 14.4. The molecular weight excluding hydrogens is 633 g/mol. The number of carbonyl (C=O) groups excluding carboxylic acids is 2. The van der Waals surface area contributed by atoms with Gasteiger partial charge in [-0.1, -0.05) is 47.5 Å². The molecule has 46 heavy (non-hydrogen) atoms. The van der Waals surface area contributed by atoms with Crippen molar-refractivity contribution in [3.8, 4) is 16.8 Å². The minimum Gasteiger partial charge on any atom is -0.465 e. The molecule has 15 heteroatoms. The van der Waals surface area contributed by atoms with Gasteiger partial charge in [0.25, 0.3) is 0 Å². The van der Waals surface area contributed by atoms with Gasteiger partial charge in [-0.05, 0) is 82.6 Å². The summed E-state index contributed by atoms with van der Waals surface area (Å²) in [7, 11) is 0. The van der Waals surface area contributed by atoms with Crippen molar-refractivity contribution < 1.29 is 19.5 Å². The summed E-state index contributed by atoms with van der Waals surface area (Å²) in [5, 5.41) is 37.3. The van der Waals surface area contributed by atoms with Crippen LogP contribution >= 0.6 is 23.2 Å². The normalized spacial score (nSPS) is 11.6. The molecular formula is C31H25Cl2N9O4. The Hall–Kier alpha value is -5.66. The Kier molecular flexibility index (Phi) is 9.95. The van der Waals surface area contributed by atoms with E-state index in [1.807, 2.05) is 12.1 Å². The Morgan fingerprint density at radius 2 is 1.65 bits per heavy atom. The maximum Gasteiger partial charge on any atom is 0.409 e. The molecule has 0 radical (unpaired) electrons. The molecule has 4 N–H and O–H groups in total. The molecule has 13 nitrogen and oxygen atoms in total. The number of hydrogen-bond donors (Lipinski definition) is 4. The molecule has 0 spiro atoms. The van der Waals surface area contributed by atoms with Gasteiger partial charge >= 0.3 is 6.09 Å². The highest BCUT2D eigenvalue weighted by molar-refractivity contribution is 6.32. The average Bonchev–Trinajstić information content (AvgIpc) is 3.56. The van der Waals surface area contributed by atoms with Crippen LogP contribution in [0.15, 0.2) is 85.2 Å². The van der Waals surface area contributed by atoms with E-state index in [1.54, 1.807) is 66.7 Å². The van der Waals surface area contributed by atoms with E-state index in [-0.39, 0.29) is 11.1 Å². The molecule has 0 bridgehead atoms. The van der Waals surface area contributed by atoms with E-state index < -0.39 is 18.0 Å². The smallest absolute Gasteiger partial charge is 0.409 e. The van der Waals surface area contributed by atoms with Crippen LogP contribution in [-0.4, -0.2) is 53.4 Å². The molecule has 0 aliphatic heterocycles. The van der Waals surface area contributed by atoms with E-state index in [0.29, 0.717) is 50.9 Å². The molecule has 0 fully saturated rings. The number of rotatable bonds is 10. The minimum atomic E-state index is -1.18. The van der Waals surface area contributed by atoms with Gasteiger partial charge in [0.2, 0.25) is 11.8 Å². The highest BCUT2D eigenvalue weighted by Gasteiger charge is 2.20. The Labute approximate surface area is 272 Å². The number of hydrogen-bond acceptors (Lipinski definition) is 8. The summed E-state index contributed by atoms with van der Waals surface area (Å²) in [6, 6.07) is 20.0. The topological polar surface area (TPSA) is 177 Å². The van der Waals surface area contributed by atoms with E-state index in [1.165, 1.54) is 24.0 Å². The molecule has 0 saturated carbocycles. The summed E-state index contributed by atoms with van der Waals surface area (Å²) >= 11 is 12.7. The van der Waals surface area contributed by atoms with E-state index in [0.717, 1.165) is 5.56 Å². The van der Waals surface area contributed by atoms with Gasteiger partial charge in [0.05, 0.1) is 17.4 Å². The number of benzene rings is 3. The van der Waals surface area contributed by atoms with E-state index in [4.69, 9.17) is 28.3 Å². The van der Waals surface area contributed by atoms with Crippen molar-refractivity contribution in [2.75, 3.05) is 10.6 Å². The van der Waals surface area contributed by atoms with Crippen LogP contribution in [0, 0.1) is 0 Å². The second kappa shape index (κ2) is 14.4. The van der Waals surface area contributed by atoms with Crippen molar-refractivity contribution in [1.82, 2.24) is 35.7 Å². The second-order valence-electron chi connectivity index (χ2n) is 9.92. The van der Waals surface area contributed by atoms with Gasteiger partial charge in [0, 0.05) is 40.5 Å². The van der Waals surface area contributed by atoms with Crippen LogP contribution in [0.1, 0.15) is 29.8 Å². The van der Waals surface area contributed by atoms with Gasteiger partial charge in [0.1, 0.15) is 6.33 Å². The largest absolute Gasteiger partial charge is 0.465 e. The first-order chi connectivity index (χ1) is 22.1. The van der Waals surface area contributed by atoms with Gasteiger partial charge in [-0.25, -0.2) is 4.79 Å². The molecule has 3 aromatic carbocycles. The van der Waals surface area contributed by atoms with Crippen molar-refractivity contribution in [2.45, 2.75) is 19.4 Å². The lowest BCUT2D eigenvalue weighted by molar-refractivity contribution is -0.117. The summed E-state index contributed by atoms with van der Waals surface area (Å²) in [4.78, 5) is 35.8. The van der Waals surface area contributed by atoms with Crippen LogP contribution in [0.4, 0.5) is 16.2 Å². The highest BCUT2D eigenvalue weighted by Crippen LogP contribution is 2.30. The van der Waals surface area contributed by atoms with Crippen LogP contribution in [0.25, 0.3) is 22.9 Å². The number of tetrazole rings is 1. The zero-order chi connectivity index (χ0) is 32.6. The quantitative estimate of drug-likeness (QED) is 0.139. The summed E-state index contributed by atoms with van der Waals surface area (Å²) < 4.78 is 1.45. The zero-order valence-corrected chi connectivity index (χ0v) is 25.6. The summed E-state index contributed by atoms with van der Waals surface area (Å²) in [5.74, 6) is -0.617. The third-order valence-corrected chi connectivity index (χ3v) is 7.12. The molecule has 0 aliphatic rings. The van der Waals surface area contributed by atoms with Crippen molar-refractivity contribution in [2.24, 2.45) is 0 Å². The number of carboxylic acid groups (broad SMARTS) is 1. The van der Waals surface area contributed by atoms with E-state index in [9.17, 15) is 14.4 Å². The Bertz CT molecular complexity index is 1900. The van der Waals surface area contributed by atoms with Crippen LogP contribution in [0.2, 0.25) is 10.2 Å². The van der Waals surface area contributed by atoms with Gasteiger partial charge in [-0.2, -0.15) is 9.78 Å². The van der Waals surface area contributed by atoms with Crippen LogP contribution < -0.4 is 16.0 Å². The van der Waals surface area contributed by atoms with Gasteiger partial charge in [0.15, 0.2) is 5.15 Å². The van der Waals surface area contributed by atoms with E-state index >= 15 is 0 Å². The number of carbonyl (C=O) groups is 3. The molecule has 232 valence electrons. The number of anilines is 2. The number of halogens is 2. The van der Waals surface area contributed by atoms with Crippen molar-refractivity contribution in [3.05, 3.63) is 112 Å². The van der Waals surface area contributed by atoms with Crippen LogP contribution in [-0.2, 0) is 16.0 Å². The van der Waals surface area contributed by atoms with Gasteiger partial charge < -0.3 is 15.7 Å². The fraction of sp³-hybridized carbons (Fsp3) is 0.0968. The fourth-order valence-electron chi connectivity index (χ4n) is 4.54. The first-order valence-electron chi connectivity index (χ1n) is 13.7.